The summed E-state index contributed by atoms with van der Waals surface area (Å²) in [5.41, 5.74) is 28.0. The third kappa shape index (κ3) is 7.64. The first kappa shape index (κ1) is 55.7. The maximum atomic E-state index is 2.66. The zero-order valence-corrected chi connectivity index (χ0v) is 55.3. The van der Waals surface area contributed by atoms with Gasteiger partial charge in [0, 0.05) is 89.8 Å². The molecule has 0 radical (unpaired) electrons. The molecule has 17 aromatic carbocycles. The first-order valence-corrected chi connectivity index (χ1v) is 35.5. The lowest BCUT2D eigenvalue weighted by Gasteiger charge is -2.47. The van der Waals surface area contributed by atoms with Crippen molar-refractivity contribution < 1.29 is 0 Å². The van der Waals surface area contributed by atoms with Gasteiger partial charge in [0.1, 0.15) is 0 Å². The Labute approximate surface area is 589 Å². The van der Waals surface area contributed by atoms with Gasteiger partial charge in [-0.15, -0.1) is 0 Å². The summed E-state index contributed by atoms with van der Waals surface area (Å²) in [5, 5.41) is 14.9. The average Bonchev–Trinajstić information content (AvgIpc) is 1.09. The Morgan fingerprint density at radius 3 is 0.755 bits per heavy atom. The first-order valence-electron chi connectivity index (χ1n) is 35.5. The van der Waals surface area contributed by atoms with Gasteiger partial charge in [0.2, 0.25) is 0 Å². The first-order chi connectivity index (χ1) is 50.7. The topological polar surface area (TPSA) is 22.8 Å². The van der Waals surface area contributed by atoms with Crippen molar-refractivity contribution in [2.75, 3.05) is 19.6 Å². The highest BCUT2D eigenvalue weighted by molar-refractivity contribution is 7.03. The summed E-state index contributed by atoms with van der Waals surface area (Å²) in [6, 6.07) is 133. The molecular weight excluding hydrogens is 1230 g/mol. The highest BCUT2D eigenvalue weighted by atomic mass is 15.2. The predicted molar refractivity (Wildman–Crippen MR) is 433 cm³/mol. The van der Waals surface area contributed by atoms with Crippen molar-refractivity contribution in [1.29, 1.82) is 0 Å². The summed E-state index contributed by atoms with van der Waals surface area (Å²) in [4.78, 5) is 10.3. The Balaban J connectivity index is 0.848. The Morgan fingerprint density at radius 2 is 0.441 bits per heavy atom. The van der Waals surface area contributed by atoms with Crippen LogP contribution in [0.5, 0.6) is 0 Å². The van der Waals surface area contributed by atoms with Gasteiger partial charge in [0.25, 0.3) is 13.4 Å². The van der Waals surface area contributed by atoms with Gasteiger partial charge in [-0.25, -0.2) is 0 Å². The maximum absolute atomic E-state index is 2.66. The molecule has 0 bridgehead atoms. The molecule has 23 rings (SSSR count). The minimum Gasteiger partial charge on any atom is -0.311 e. The summed E-state index contributed by atoms with van der Waals surface area (Å²) in [7, 11) is 0. The van der Waals surface area contributed by atoms with E-state index >= 15 is 0 Å². The van der Waals surface area contributed by atoms with Crippen LogP contribution in [-0.4, -0.2) is 22.6 Å². The molecule has 6 nitrogen and oxygen atoms in total. The predicted octanol–water partition coefficient (Wildman–Crippen LogP) is 20.7. The Hall–Kier alpha value is -13.3. The van der Waals surface area contributed by atoms with Gasteiger partial charge in [-0.1, -0.05) is 237 Å². The highest BCUT2D eigenvalue weighted by Gasteiger charge is 2.49. The monoisotopic (exact) mass is 1290 g/mol. The standard InChI is InChI=1S/C94H58B2N6/c1-5-29-63(30-6-1)97-77-43-23-21-41-73(77)95-75-57-76-84(58-83(75)99(65-33-9-3-10-34-65)87-55-67(53-85(97)93(87)95)101-79-49-45-59-25-13-17-37-69(59)89(79)90-70-38-18-14-26-60(70)46-50-80(90)101)100(66-35-11-4-12-36-66)88-56-68(54-86-94(88)96(76)74-42-22-24-44-78(74)98(86)64-31-7-2-8-32-64)102-81-51-47-61-27-15-19-39-71(61)91(81)92-72-40-20-16-28-62(72)48-52-82(92)102/h1-58H. The molecule has 6 heterocycles. The van der Waals surface area contributed by atoms with Gasteiger partial charge < -0.3 is 28.7 Å². The quantitative estimate of drug-likeness (QED) is 0.155. The summed E-state index contributed by atoms with van der Waals surface area (Å²) in [6.45, 7) is -0.357. The molecule has 470 valence electrons. The van der Waals surface area contributed by atoms with Crippen LogP contribution in [0.2, 0.25) is 0 Å². The number of hydrogen-bond acceptors (Lipinski definition) is 4. The maximum Gasteiger partial charge on any atom is 0.252 e. The molecule has 0 atom stereocenters. The number of para-hydroxylation sites is 6. The van der Waals surface area contributed by atoms with Crippen molar-refractivity contribution >= 4 is 201 Å². The van der Waals surface area contributed by atoms with Crippen LogP contribution < -0.4 is 52.4 Å². The minimum atomic E-state index is -0.179. The van der Waals surface area contributed by atoms with Crippen LogP contribution in [0.15, 0.2) is 352 Å². The molecule has 0 amide bonds. The molecule has 19 aromatic rings. The van der Waals surface area contributed by atoms with Crippen molar-refractivity contribution in [3.05, 3.63) is 352 Å². The van der Waals surface area contributed by atoms with Gasteiger partial charge >= 0.3 is 0 Å². The van der Waals surface area contributed by atoms with Crippen LogP contribution in [0.3, 0.4) is 0 Å². The SMILES string of the molecule is c1ccc(N2c3ccccc3B3c4cc5c(cc4N(c4ccccc4)c4cc(-n6c7ccc8ccccc8c7c7c8ccccc8ccc76)cc2c43)N(c2ccccc2)c2cc(-n3c4ccc6ccccc6c4c4c6ccccc6ccc43)cc3c2B5c2ccccc2N3c2ccccc2)cc1. The van der Waals surface area contributed by atoms with Gasteiger partial charge in [-0.2, -0.15) is 0 Å². The number of fused-ring (bicyclic) bond motifs is 22. The molecule has 4 aliphatic heterocycles. The lowest BCUT2D eigenvalue weighted by molar-refractivity contribution is 1.16. The number of hydrogen-bond donors (Lipinski definition) is 0. The van der Waals surface area contributed by atoms with Gasteiger partial charge in [-0.05, 0) is 191 Å². The third-order valence-corrected chi connectivity index (χ3v) is 22.7. The van der Waals surface area contributed by atoms with E-state index < -0.39 is 0 Å². The highest BCUT2D eigenvalue weighted by Crippen LogP contribution is 2.52. The Kier molecular flexibility index (Phi) is 11.5. The number of benzene rings is 17. The summed E-state index contributed by atoms with van der Waals surface area (Å²) < 4.78 is 5.13. The van der Waals surface area contributed by atoms with Crippen molar-refractivity contribution in [3.8, 4) is 11.4 Å². The van der Waals surface area contributed by atoms with Crippen molar-refractivity contribution in [3.63, 3.8) is 0 Å². The summed E-state index contributed by atoms with van der Waals surface area (Å²) in [5.74, 6) is 0. The van der Waals surface area contributed by atoms with Gasteiger partial charge in [-0.3, -0.25) is 0 Å². The molecule has 0 saturated carbocycles. The number of nitrogens with zero attached hydrogens (tertiary/aromatic N) is 6. The second kappa shape index (κ2) is 21.1. The molecular formula is C94H58B2N6. The molecule has 8 heteroatoms. The van der Waals surface area contributed by atoms with Gasteiger partial charge in [0.15, 0.2) is 0 Å². The van der Waals surface area contributed by atoms with E-state index in [1.807, 2.05) is 0 Å². The normalized spacial score (nSPS) is 13.4. The fourth-order valence-electron chi connectivity index (χ4n) is 18.7. The molecule has 2 aromatic heterocycles. The van der Waals surface area contributed by atoms with Crippen LogP contribution in [0.25, 0.3) is 98.1 Å². The van der Waals surface area contributed by atoms with Crippen molar-refractivity contribution in [2.45, 2.75) is 0 Å². The molecule has 4 aliphatic rings. The Bertz CT molecular complexity index is 6210. The second-order valence-corrected chi connectivity index (χ2v) is 27.8. The van der Waals surface area contributed by atoms with Gasteiger partial charge in [0.05, 0.1) is 33.4 Å². The molecule has 0 fully saturated rings. The van der Waals surface area contributed by atoms with E-state index in [2.05, 4.69) is 381 Å². The third-order valence-electron chi connectivity index (χ3n) is 22.7. The van der Waals surface area contributed by atoms with E-state index in [4.69, 9.17) is 0 Å². The summed E-state index contributed by atoms with van der Waals surface area (Å²) >= 11 is 0. The largest absolute Gasteiger partial charge is 0.311 e. The van der Waals surface area contributed by atoms with Crippen LogP contribution in [-0.2, 0) is 0 Å². The van der Waals surface area contributed by atoms with E-state index in [0.29, 0.717) is 0 Å². The van der Waals surface area contributed by atoms with E-state index in [1.165, 1.54) is 131 Å². The number of anilines is 12. The zero-order chi connectivity index (χ0) is 66.4. The lowest BCUT2D eigenvalue weighted by Crippen LogP contribution is -2.65. The fraction of sp³-hybridized carbons (Fsp3) is 0. The smallest absolute Gasteiger partial charge is 0.252 e. The van der Waals surface area contributed by atoms with Crippen molar-refractivity contribution in [2.24, 2.45) is 0 Å². The Morgan fingerprint density at radius 1 is 0.176 bits per heavy atom. The lowest BCUT2D eigenvalue weighted by atomic mass is 9.30. The van der Waals surface area contributed by atoms with Crippen LogP contribution in [0, 0.1) is 0 Å². The van der Waals surface area contributed by atoms with E-state index in [9.17, 15) is 0 Å². The molecule has 0 saturated heterocycles. The molecule has 0 aliphatic carbocycles. The molecule has 0 N–H and O–H groups in total. The second-order valence-electron chi connectivity index (χ2n) is 27.8. The van der Waals surface area contributed by atoms with E-state index in [0.717, 1.165) is 68.2 Å². The average molecular weight is 1290 g/mol. The number of rotatable bonds is 6. The zero-order valence-electron chi connectivity index (χ0n) is 55.3. The molecule has 0 unspecified atom stereocenters. The molecule has 102 heavy (non-hydrogen) atoms. The van der Waals surface area contributed by atoms with Crippen LogP contribution in [0.1, 0.15) is 0 Å². The fourth-order valence-corrected chi connectivity index (χ4v) is 18.7. The van der Waals surface area contributed by atoms with Crippen molar-refractivity contribution in [1.82, 2.24) is 9.13 Å². The van der Waals surface area contributed by atoms with Crippen LogP contribution in [0.4, 0.5) is 68.2 Å². The molecule has 0 spiro atoms. The van der Waals surface area contributed by atoms with Crippen LogP contribution >= 0.6 is 0 Å². The number of aromatic nitrogens is 2. The minimum absolute atomic E-state index is 0.179. The van der Waals surface area contributed by atoms with E-state index in [1.54, 1.807) is 0 Å². The summed E-state index contributed by atoms with van der Waals surface area (Å²) in [6.07, 6.45) is 0. The van der Waals surface area contributed by atoms with E-state index in [-0.39, 0.29) is 13.4 Å².